The van der Waals surface area contributed by atoms with Crippen LogP contribution in [0, 0.1) is 6.92 Å². The number of pyridine rings is 2. The number of amides is 1. The first-order valence-electron chi connectivity index (χ1n) is 11.0. The van der Waals surface area contributed by atoms with Gasteiger partial charge in [-0.2, -0.15) is 0 Å². The third-order valence-electron chi connectivity index (χ3n) is 5.88. The van der Waals surface area contributed by atoms with Gasteiger partial charge in [0.05, 0.1) is 5.69 Å². The standard InChI is InChI=1S/C27H22ClN3O2S/c1-17-12-23(32)26(27(33)30-16-18-6-5-11-29-15-18)22-14-24(19-7-3-2-4-8-19)34-25-13-20(28)9-10-21(25)31(17)22/h2-13,15,24H,14,16H2,1H3,(H,30,33). The van der Waals surface area contributed by atoms with Crippen molar-refractivity contribution in [1.82, 2.24) is 14.9 Å². The Hall–Kier alpha value is -3.35. The Kier molecular flexibility index (Phi) is 6.26. The monoisotopic (exact) mass is 487 g/mol. The average Bonchev–Trinajstić information content (AvgIpc) is 3.01. The quantitative estimate of drug-likeness (QED) is 0.412. The lowest BCUT2D eigenvalue weighted by molar-refractivity contribution is 0.0948. The molecule has 1 aliphatic rings. The van der Waals surface area contributed by atoms with Crippen LogP contribution in [0.4, 0.5) is 0 Å². The maximum Gasteiger partial charge on any atom is 0.257 e. The number of aryl methyl sites for hydroxylation is 1. The number of carbonyl (C=O) groups excluding carboxylic acids is 1. The van der Waals surface area contributed by atoms with Gasteiger partial charge in [-0.25, -0.2) is 0 Å². The van der Waals surface area contributed by atoms with Gasteiger partial charge in [0.15, 0.2) is 5.43 Å². The fraction of sp³-hybridized carbons (Fsp3) is 0.148. The van der Waals surface area contributed by atoms with Gasteiger partial charge in [0.25, 0.3) is 5.91 Å². The zero-order valence-corrected chi connectivity index (χ0v) is 20.1. The molecule has 5 rings (SSSR count). The van der Waals surface area contributed by atoms with Gasteiger partial charge >= 0.3 is 0 Å². The van der Waals surface area contributed by atoms with Crippen molar-refractivity contribution in [3.8, 4) is 5.69 Å². The number of thioether (sulfide) groups is 1. The molecule has 7 heteroatoms. The predicted molar refractivity (Wildman–Crippen MR) is 136 cm³/mol. The number of fused-ring (bicyclic) bond motifs is 3. The van der Waals surface area contributed by atoms with Gasteiger partial charge in [-0.15, -0.1) is 11.8 Å². The van der Waals surface area contributed by atoms with Crippen LogP contribution in [0.15, 0.2) is 88.8 Å². The van der Waals surface area contributed by atoms with Gasteiger partial charge in [-0.1, -0.05) is 48.0 Å². The Bertz CT molecular complexity index is 1420. The molecule has 1 N–H and O–H groups in total. The van der Waals surface area contributed by atoms with Crippen LogP contribution in [-0.4, -0.2) is 15.5 Å². The predicted octanol–water partition coefficient (Wildman–Crippen LogP) is 5.51. The molecule has 2 aromatic carbocycles. The van der Waals surface area contributed by atoms with Crippen LogP contribution in [0.3, 0.4) is 0 Å². The van der Waals surface area contributed by atoms with Crippen LogP contribution in [0.2, 0.25) is 5.02 Å². The van der Waals surface area contributed by atoms with E-state index in [0.29, 0.717) is 23.7 Å². The lowest BCUT2D eigenvalue weighted by Gasteiger charge is -2.20. The summed E-state index contributed by atoms with van der Waals surface area (Å²) in [6, 6.07) is 21.1. The molecule has 0 fully saturated rings. The largest absolute Gasteiger partial charge is 0.348 e. The van der Waals surface area contributed by atoms with E-state index in [-0.39, 0.29) is 22.1 Å². The summed E-state index contributed by atoms with van der Waals surface area (Å²) in [6.07, 6.45) is 3.90. The molecule has 4 aromatic rings. The van der Waals surface area contributed by atoms with E-state index in [0.717, 1.165) is 27.4 Å². The van der Waals surface area contributed by atoms with E-state index in [1.54, 1.807) is 24.2 Å². The highest BCUT2D eigenvalue weighted by Crippen LogP contribution is 2.45. The molecular formula is C27H22ClN3O2S. The second-order valence-corrected chi connectivity index (χ2v) is 9.87. The van der Waals surface area contributed by atoms with Crippen LogP contribution in [0.25, 0.3) is 5.69 Å². The molecule has 0 saturated carbocycles. The minimum Gasteiger partial charge on any atom is -0.348 e. The molecule has 0 saturated heterocycles. The van der Waals surface area contributed by atoms with Crippen molar-refractivity contribution in [2.24, 2.45) is 0 Å². The third kappa shape index (κ3) is 4.39. The zero-order chi connectivity index (χ0) is 23.7. The third-order valence-corrected chi connectivity index (χ3v) is 7.42. The average molecular weight is 488 g/mol. The minimum absolute atomic E-state index is 0.0123. The highest BCUT2D eigenvalue weighted by Gasteiger charge is 2.29. The number of hydrogen-bond acceptors (Lipinski definition) is 4. The van der Waals surface area contributed by atoms with E-state index in [2.05, 4.69) is 22.4 Å². The Morgan fingerprint density at radius 2 is 1.97 bits per heavy atom. The minimum atomic E-state index is -0.383. The smallest absolute Gasteiger partial charge is 0.257 e. The number of benzene rings is 2. The van der Waals surface area contributed by atoms with Crippen molar-refractivity contribution in [1.29, 1.82) is 0 Å². The fourth-order valence-electron chi connectivity index (χ4n) is 4.33. The van der Waals surface area contributed by atoms with Crippen LogP contribution in [0.5, 0.6) is 0 Å². The maximum absolute atomic E-state index is 13.4. The van der Waals surface area contributed by atoms with E-state index in [9.17, 15) is 9.59 Å². The molecule has 1 unspecified atom stereocenters. The SMILES string of the molecule is Cc1cc(=O)c(C(=O)NCc2cccnc2)c2n1-c1ccc(Cl)cc1SC(c1ccccc1)C2. The van der Waals surface area contributed by atoms with Crippen LogP contribution in [0.1, 0.15) is 38.1 Å². The summed E-state index contributed by atoms with van der Waals surface area (Å²) in [4.78, 5) is 31.6. The van der Waals surface area contributed by atoms with Crippen LogP contribution in [-0.2, 0) is 13.0 Å². The molecule has 0 radical (unpaired) electrons. The van der Waals surface area contributed by atoms with Gasteiger partial charge in [0, 0.05) is 58.0 Å². The first-order chi connectivity index (χ1) is 16.5. The summed E-state index contributed by atoms with van der Waals surface area (Å²) in [5, 5.41) is 3.57. The van der Waals surface area contributed by atoms with E-state index >= 15 is 0 Å². The summed E-state index contributed by atoms with van der Waals surface area (Å²) in [5.74, 6) is -0.383. The summed E-state index contributed by atoms with van der Waals surface area (Å²) in [6.45, 7) is 2.19. The van der Waals surface area contributed by atoms with E-state index in [1.165, 1.54) is 6.07 Å². The number of nitrogens with zero attached hydrogens (tertiary/aromatic N) is 2. The molecule has 170 valence electrons. The van der Waals surface area contributed by atoms with Crippen molar-refractivity contribution in [2.75, 3.05) is 0 Å². The number of hydrogen-bond donors (Lipinski definition) is 1. The number of nitrogens with one attached hydrogen (secondary N) is 1. The summed E-state index contributed by atoms with van der Waals surface area (Å²) in [5.41, 5.74) is 4.30. The molecule has 3 heterocycles. The molecule has 0 aliphatic carbocycles. The Morgan fingerprint density at radius 3 is 2.74 bits per heavy atom. The second kappa shape index (κ2) is 9.49. The Labute approximate surface area is 206 Å². The number of aromatic nitrogens is 2. The summed E-state index contributed by atoms with van der Waals surface area (Å²) < 4.78 is 2.03. The Morgan fingerprint density at radius 1 is 1.15 bits per heavy atom. The molecule has 1 atom stereocenters. The van der Waals surface area contributed by atoms with Crippen molar-refractivity contribution < 1.29 is 4.79 Å². The van der Waals surface area contributed by atoms with Gasteiger partial charge < -0.3 is 9.88 Å². The molecule has 2 aromatic heterocycles. The molecule has 34 heavy (non-hydrogen) atoms. The van der Waals surface area contributed by atoms with Crippen molar-refractivity contribution in [3.63, 3.8) is 0 Å². The summed E-state index contributed by atoms with van der Waals surface area (Å²) in [7, 11) is 0. The summed E-state index contributed by atoms with van der Waals surface area (Å²) >= 11 is 8.05. The van der Waals surface area contributed by atoms with Gasteiger partial charge in [-0.3, -0.25) is 14.6 Å². The van der Waals surface area contributed by atoms with E-state index in [1.807, 2.05) is 60.0 Å². The molecule has 1 amide bonds. The van der Waals surface area contributed by atoms with Gasteiger partial charge in [0.2, 0.25) is 0 Å². The highest BCUT2D eigenvalue weighted by molar-refractivity contribution is 7.99. The Balaban J connectivity index is 1.65. The normalized spacial score (nSPS) is 14.6. The van der Waals surface area contributed by atoms with Crippen molar-refractivity contribution >= 4 is 29.3 Å². The first-order valence-corrected chi connectivity index (χ1v) is 12.2. The maximum atomic E-state index is 13.4. The molecule has 0 spiro atoms. The van der Waals surface area contributed by atoms with Crippen molar-refractivity contribution in [3.05, 3.63) is 122 Å². The topological polar surface area (TPSA) is 64.0 Å². The second-order valence-electron chi connectivity index (χ2n) is 8.18. The zero-order valence-electron chi connectivity index (χ0n) is 18.5. The van der Waals surface area contributed by atoms with Crippen LogP contribution >= 0.6 is 23.4 Å². The van der Waals surface area contributed by atoms with Crippen molar-refractivity contribution in [2.45, 2.75) is 30.0 Å². The van der Waals surface area contributed by atoms with Crippen LogP contribution < -0.4 is 10.7 Å². The first kappa shape index (κ1) is 22.4. The van der Waals surface area contributed by atoms with E-state index < -0.39 is 0 Å². The highest BCUT2D eigenvalue weighted by atomic mass is 35.5. The lowest BCUT2D eigenvalue weighted by Crippen LogP contribution is -2.32. The number of halogens is 1. The molecule has 0 bridgehead atoms. The molecule has 5 nitrogen and oxygen atoms in total. The fourth-order valence-corrected chi connectivity index (χ4v) is 5.88. The molecular weight excluding hydrogens is 466 g/mol. The van der Waals surface area contributed by atoms with Gasteiger partial charge in [-0.05, 0) is 42.3 Å². The number of carbonyl (C=O) groups is 1. The number of rotatable bonds is 4. The molecule has 1 aliphatic heterocycles. The van der Waals surface area contributed by atoms with Gasteiger partial charge in [0.1, 0.15) is 5.56 Å². The van der Waals surface area contributed by atoms with E-state index in [4.69, 9.17) is 11.6 Å². The lowest BCUT2D eigenvalue weighted by atomic mass is 10.0.